The molecule has 12 heavy (non-hydrogen) atoms. The Hall–Kier alpha value is -0.780. The molecule has 0 bridgehead atoms. The molecule has 0 rings (SSSR count). The highest BCUT2D eigenvalue weighted by Crippen LogP contribution is 1.98. The van der Waals surface area contributed by atoms with Crippen LogP contribution >= 0.6 is 12.2 Å². The van der Waals surface area contributed by atoms with Crippen LogP contribution in [0.1, 0.15) is 6.42 Å². The van der Waals surface area contributed by atoms with Crippen molar-refractivity contribution in [3.63, 3.8) is 0 Å². The molecule has 0 aliphatic rings. The molecule has 0 unspecified atom stereocenters. The zero-order valence-electron chi connectivity index (χ0n) is 6.59. The van der Waals surface area contributed by atoms with Gasteiger partial charge in [-0.25, -0.2) is 8.78 Å². The van der Waals surface area contributed by atoms with E-state index in [2.05, 4.69) is 12.2 Å². The van der Waals surface area contributed by atoms with Crippen LogP contribution in [0.25, 0.3) is 0 Å². The zero-order valence-corrected chi connectivity index (χ0v) is 7.41. The van der Waals surface area contributed by atoms with E-state index >= 15 is 0 Å². The van der Waals surface area contributed by atoms with Gasteiger partial charge < -0.3 is 10.6 Å². The first-order valence-electron chi connectivity index (χ1n) is 3.24. The Balaban J connectivity index is 3.85. The van der Waals surface area contributed by atoms with Crippen LogP contribution in [0.2, 0.25) is 0 Å². The number of amides is 1. The van der Waals surface area contributed by atoms with Crippen LogP contribution in [0.3, 0.4) is 0 Å². The molecule has 0 aromatic heterocycles. The standard InChI is InChI=1S/C6H10F2N2OS/c1-10(3-4(7)8)6(11)2-5(9)12/h4H,2-3H2,1H3,(H2,9,12). The molecule has 0 aliphatic carbocycles. The van der Waals surface area contributed by atoms with E-state index in [1.54, 1.807) is 0 Å². The van der Waals surface area contributed by atoms with Crippen LogP contribution in [0.15, 0.2) is 0 Å². The third-order valence-electron chi connectivity index (χ3n) is 1.16. The number of alkyl halides is 2. The van der Waals surface area contributed by atoms with Crippen molar-refractivity contribution >= 4 is 23.1 Å². The van der Waals surface area contributed by atoms with E-state index < -0.39 is 18.9 Å². The molecule has 0 spiro atoms. The van der Waals surface area contributed by atoms with Gasteiger partial charge in [0.2, 0.25) is 5.91 Å². The van der Waals surface area contributed by atoms with Crippen molar-refractivity contribution in [3.8, 4) is 0 Å². The fourth-order valence-electron chi connectivity index (χ4n) is 0.593. The van der Waals surface area contributed by atoms with Crippen LogP contribution in [0, 0.1) is 0 Å². The molecule has 0 heterocycles. The molecule has 3 nitrogen and oxygen atoms in total. The third-order valence-corrected chi connectivity index (χ3v) is 1.31. The smallest absolute Gasteiger partial charge is 0.255 e. The van der Waals surface area contributed by atoms with Crippen LogP contribution in [0.4, 0.5) is 8.78 Å². The monoisotopic (exact) mass is 196 g/mol. The maximum atomic E-state index is 11.7. The second kappa shape index (κ2) is 4.97. The van der Waals surface area contributed by atoms with Gasteiger partial charge in [-0.15, -0.1) is 0 Å². The van der Waals surface area contributed by atoms with Crippen molar-refractivity contribution < 1.29 is 13.6 Å². The first-order chi connectivity index (χ1) is 5.43. The Bertz CT molecular complexity index is 186. The second-order valence-electron chi connectivity index (χ2n) is 2.31. The average molecular weight is 196 g/mol. The van der Waals surface area contributed by atoms with Crippen molar-refractivity contribution in [2.24, 2.45) is 5.73 Å². The molecule has 0 saturated heterocycles. The van der Waals surface area contributed by atoms with Gasteiger partial charge in [0.25, 0.3) is 6.43 Å². The van der Waals surface area contributed by atoms with Gasteiger partial charge in [0.15, 0.2) is 0 Å². The highest BCUT2D eigenvalue weighted by Gasteiger charge is 2.13. The number of thiocarbonyl (C=S) groups is 1. The Morgan fingerprint density at radius 2 is 2.17 bits per heavy atom. The second-order valence-corrected chi connectivity index (χ2v) is 2.83. The minimum Gasteiger partial charge on any atom is -0.393 e. The fourth-order valence-corrected chi connectivity index (χ4v) is 0.716. The fraction of sp³-hybridized carbons (Fsp3) is 0.667. The lowest BCUT2D eigenvalue weighted by atomic mass is 10.4. The van der Waals surface area contributed by atoms with Gasteiger partial charge in [0.1, 0.15) is 0 Å². The summed E-state index contributed by atoms with van der Waals surface area (Å²) >= 11 is 4.45. The predicted molar refractivity (Wildman–Crippen MR) is 45.0 cm³/mol. The van der Waals surface area contributed by atoms with Crippen LogP contribution < -0.4 is 5.73 Å². The van der Waals surface area contributed by atoms with Crippen molar-refractivity contribution in [1.29, 1.82) is 0 Å². The lowest BCUT2D eigenvalue weighted by Gasteiger charge is -2.15. The predicted octanol–water partition coefficient (Wildman–Crippen LogP) is 0.386. The summed E-state index contributed by atoms with van der Waals surface area (Å²) in [6.45, 7) is -0.582. The highest BCUT2D eigenvalue weighted by atomic mass is 32.1. The van der Waals surface area contributed by atoms with E-state index in [-0.39, 0.29) is 11.4 Å². The third kappa shape index (κ3) is 4.95. The summed E-state index contributed by atoms with van der Waals surface area (Å²) in [5.74, 6) is -0.484. The molecule has 0 aromatic rings. The largest absolute Gasteiger partial charge is 0.393 e. The van der Waals surface area contributed by atoms with Gasteiger partial charge in [0, 0.05) is 7.05 Å². The molecule has 0 atom stereocenters. The molecule has 0 aliphatic heterocycles. The van der Waals surface area contributed by atoms with E-state index in [4.69, 9.17) is 5.73 Å². The maximum Gasteiger partial charge on any atom is 0.255 e. The van der Waals surface area contributed by atoms with Crippen LogP contribution in [-0.4, -0.2) is 35.8 Å². The van der Waals surface area contributed by atoms with Crippen molar-refractivity contribution in [3.05, 3.63) is 0 Å². The normalized spacial score (nSPS) is 10.0. The molecule has 0 aromatic carbocycles. The Morgan fingerprint density at radius 3 is 2.50 bits per heavy atom. The number of halogens is 2. The summed E-state index contributed by atoms with van der Waals surface area (Å²) in [4.78, 5) is 11.8. The van der Waals surface area contributed by atoms with Gasteiger partial charge in [-0.2, -0.15) is 0 Å². The van der Waals surface area contributed by atoms with Crippen molar-refractivity contribution in [1.82, 2.24) is 4.90 Å². The van der Waals surface area contributed by atoms with Gasteiger partial charge in [0.05, 0.1) is 18.0 Å². The molecule has 0 fully saturated rings. The summed E-state index contributed by atoms with van der Waals surface area (Å²) < 4.78 is 23.5. The number of carbonyl (C=O) groups excluding carboxylic acids is 1. The van der Waals surface area contributed by atoms with Crippen LogP contribution in [0.5, 0.6) is 0 Å². The Kier molecular flexibility index (Phi) is 4.65. The number of hydrogen-bond donors (Lipinski definition) is 1. The summed E-state index contributed by atoms with van der Waals surface area (Å²) in [6, 6.07) is 0. The minimum atomic E-state index is -2.52. The topological polar surface area (TPSA) is 46.3 Å². The molecule has 0 radical (unpaired) electrons. The number of rotatable bonds is 4. The number of carbonyl (C=O) groups is 1. The molecule has 6 heteroatoms. The lowest BCUT2D eigenvalue weighted by molar-refractivity contribution is -0.130. The zero-order chi connectivity index (χ0) is 9.72. The average Bonchev–Trinajstić information content (AvgIpc) is 1.84. The molecule has 2 N–H and O–H groups in total. The van der Waals surface area contributed by atoms with Crippen molar-refractivity contribution in [2.75, 3.05) is 13.6 Å². The lowest BCUT2D eigenvalue weighted by Crippen LogP contribution is -2.33. The molecule has 70 valence electrons. The maximum absolute atomic E-state index is 11.7. The SMILES string of the molecule is CN(CC(F)F)C(=O)CC(N)=S. The van der Waals surface area contributed by atoms with Gasteiger partial charge in [-0.05, 0) is 0 Å². The van der Waals surface area contributed by atoms with E-state index in [1.165, 1.54) is 7.05 Å². The van der Waals surface area contributed by atoms with Gasteiger partial charge in [-0.3, -0.25) is 4.79 Å². The van der Waals surface area contributed by atoms with Crippen molar-refractivity contribution in [2.45, 2.75) is 12.8 Å². The minimum absolute atomic E-state index is 0.0149. The number of nitrogens with two attached hydrogens (primary N) is 1. The van der Waals surface area contributed by atoms with Gasteiger partial charge >= 0.3 is 0 Å². The Morgan fingerprint density at radius 1 is 1.67 bits per heavy atom. The van der Waals surface area contributed by atoms with Crippen LogP contribution in [-0.2, 0) is 4.79 Å². The van der Waals surface area contributed by atoms with E-state index in [0.29, 0.717) is 0 Å². The molecular formula is C6H10F2N2OS. The molecule has 1 amide bonds. The van der Waals surface area contributed by atoms with E-state index in [1.807, 2.05) is 0 Å². The summed E-state index contributed by atoms with van der Waals surface area (Å²) in [5.41, 5.74) is 5.06. The highest BCUT2D eigenvalue weighted by molar-refractivity contribution is 7.80. The number of nitrogens with zero attached hydrogens (tertiary/aromatic N) is 1. The quantitative estimate of drug-likeness (QED) is 0.661. The van der Waals surface area contributed by atoms with E-state index in [9.17, 15) is 13.6 Å². The van der Waals surface area contributed by atoms with Gasteiger partial charge in [-0.1, -0.05) is 12.2 Å². The molecular weight excluding hydrogens is 186 g/mol. The van der Waals surface area contributed by atoms with E-state index in [0.717, 1.165) is 4.90 Å². The Labute approximate surface area is 74.5 Å². The molecule has 0 saturated carbocycles. The summed E-state index contributed by atoms with van der Waals surface area (Å²) in [5, 5.41) is 0. The first kappa shape index (κ1) is 11.2. The summed E-state index contributed by atoms with van der Waals surface area (Å²) in [6.07, 6.45) is -2.68. The number of hydrogen-bond acceptors (Lipinski definition) is 2. The summed E-state index contributed by atoms with van der Waals surface area (Å²) in [7, 11) is 1.28. The first-order valence-corrected chi connectivity index (χ1v) is 3.64.